The highest BCUT2D eigenvalue weighted by Gasteiger charge is 2.40. The van der Waals surface area contributed by atoms with Crippen molar-refractivity contribution in [2.75, 3.05) is 25.6 Å². The van der Waals surface area contributed by atoms with Crippen molar-refractivity contribution in [1.29, 1.82) is 0 Å². The minimum absolute atomic E-state index is 0.123. The Bertz CT molecular complexity index is 1270. The molecule has 36 heavy (non-hydrogen) atoms. The molecule has 2 aromatic rings. The molecule has 9 heteroatoms. The number of amides is 2. The number of amidine groups is 1. The number of allylic oxidation sites excluding steroid dienone is 1. The fraction of sp³-hybridized carbons (Fsp3) is 0.296. The molecule has 0 spiro atoms. The van der Waals surface area contributed by atoms with E-state index in [0.29, 0.717) is 29.4 Å². The molecule has 7 nitrogen and oxygen atoms in total. The minimum atomic E-state index is -0.464. The molecule has 2 N–H and O–H groups in total. The second-order valence-corrected chi connectivity index (χ2v) is 10.0. The van der Waals surface area contributed by atoms with E-state index in [1.54, 1.807) is 19.2 Å². The Kier molecular flexibility index (Phi) is 8.18. The lowest BCUT2D eigenvalue weighted by atomic mass is 9.93. The second-order valence-electron chi connectivity index (χ2n) is 8.74. The van der Waals surface area contributed by atoms with Gasteiger partial charge in [-0.05, 0) is 55.5 Å². The molecule has 188 valence electrons. The summed E-state index contributed by atoms with van der Waals surface area (Å²) in [5.41, 5.74) is 5.67. The number of fused-ring (bicyclic) bond motifs is 1. The van der Waals surface area contributed by atoms with Crippen LogP contribution in [0.25, 0.3) is 0 Å². The van der Waals surface area contributed by atoms with Crippen LogP contribution in [0.15, 0.2) is 69.8 Å². The van der Waals surface area contributed by atoms with Crippen LogP contribution in [0.3, 0.4) is 0 Å². The topological polar surface area (TPSA) is 83.0 Å². The summed E-state index contributed by atoms with van der Waals surface area (Å²) in [6, 6.07) is 12.9. The Labute approximate surface area is 220 Å². The average Bonchev–Trinajstić information content (AvgIpc) is 3.22. The van der Waals surface area contributed by atoms with Crippen molar-refractivity contribution in [3.05, 3.63) is 86.6 Å². The van der Waals surface area contributed by atoms with E-state index in [9.17, 15) is 9.59 Å². The third-order valence-electron chi connectivity index (χ3n) is 6.03. The van der Waals surface area contributed by atoms with Crippen molar-refractivity contribution in [2.45, 2.75) is 33.2 Å². The van der Waals surface area contributed by atoms with Gasteiger partial charge in [0.15, 0.2) is 5.17 Å². The van der Waals surface area contributed by atoms with Crippen molar-refractivity contribution in [3.8, 4) is 0 Å². The predicted molar refractivity (Wildman–Crippen MR) is 146 cm³/mol. The van der Waals surface area contributed by atoms with Gasteiger partial charge in [0.05, 0.1) is 30.3 Å². The van der Waals surface area contributed by atoms with Crippen molar-refractivity contribution in [3.63, 3.8) is 0 Å². The molecular weight excluding hydrogens is 496 g/mol. The van der Waals surface area contributed by atoms with Crippen LogP contribution in [0.1, 0.15) is 36.1 Å². The smallest absolute Gasteiger partial charge is 0.255 e. The summed E-state index contributed by atoms with van der Waals surface area (Å²) in [6.07, 6.45) is 0.158. The lowest BCUT2D eigenvalue weighted by molar-refractivity contribution is -0.120. The molecule has 2 aromatic carbocycles. The predicted octanol–water partition coefficient (Wildman–Crippen LogP) is 5.32. The zero-order chi connectivity index (χ0) is 25.8. The molecule has 1 atom stereocenters. The van der Waals surface area contributed by atoms with Crippen molar-refractivity contribution in [1.82, 2.24) is 10.2 Å². The molecule has 0 aromatic heterocycles. The van der Waals surface area contributed by atoms with Gasteiger partial charge in [0.1, 0.15) is 0 Å². The van der Waals surface area contributed by atoms with Gasteiger partial charge in [-0.3, -0.25) is 9.59 Å². The van der Waals surface area contributed by atoms with Gasteiger partial charge < -0.3 is 20.3 Å². The van der Waals surface area contributed by atoms with Crippen LogP contribution in [0, 0.1) is 13.8 Å². The Morgan fingerprint density at radius 1 is 1.14 bits per heavy atom. The van der Waals surface area contributed by atoms with Gasteiger partial charge >= 0.3 is 0 Å². The highest BCUT2D eigenvalue weighted by molar-refractivity contribution is 8.16. The first-order chi connectivity index (χ1) is 17.3. The molecule has 0 aliphatic carbocycles. The number of nitrogens with one attached hydrogen (secondary N) is 2. The van der Waals surface area contributed by atoms with Crippen LogP contribution >= 0.6 is 23.4 Å². The number of ether oxygens (including phenoxy) is 1. The van der Waals surface area contributed by atoms with Gasteiger partial charge in [-0.1, -0.05) is 53.2 Å². The number of anilines is 1. The largest absolute Gasteiger partial charge is 0.383 e. The maximum absolute atomic E-state index is 13.7. The Hall–Kier alpha value is -3.07. The molecule has 2 aliphatic heterocycles. The first-order valence-corrected chi connectivity index (χ1v) is 12.9. The molecule has 0 bridgehead atoms. The van der Waals surface area contributed by atoms with Crippen molar-refractivity contribution in [2.24, 2.45) is 4.99 Å². The van der Waals surface area contributed by atoms with Gasteiger partial charge in [0.2, 0.25) is 5.91 Å². The van der Waals surface area contributed by atoms with E-state index >= 15 is 0 Å². The van der Waals surface area contributed by atoms with Crippen LogP contribution in [0.2, 0.25) is 5.02 Å². The fourth-order valence-electron chi connectivity index (χ4n) is 4.28. The van der Waals surface area contributed by atoms with Gasteiger partial charge in [0.25, 0.3) is 5.91 Å². The number of thioether (sulfide) groups is 1. The summed E-state index contributed by atoms with van der Waals surface area (Å²) >= 11 is 7.63. The van der Waals surface area contributed by atoms with E-state index in [2.05, 4.69) is 10.6 Å². The quantitative estimate of drug-likeness (QED) is 0.456. The normalized spacial score (nSPS) is 16.9. The minimum Gasteiger partial charge on any atom is -0.383 e. The number of aryl methyl sites for hydroxylation is 2. The summed E-state index contributed by atoms with van der Waals surface area (Å²) < 4.78 is 5.02. The summed E-state index contributed by atoms with van der Waals surface area (Å²) in [6.45, 7) is 6.70. The number of benzene rings is 2. The zero-order valence-electron chi connectivity index (χ0n) is 20.7. The van der Waals surface area contributed by atoms with Crippen LogP contribution in [-0.4, -0.2) is 42.1 Å². The Balaban J connectivity index is 1.69. The number of methoxy groups -OCH3 is 1. The molecule has 0 saturated carbocycles. The number of hydrogen-bond acceptors (Lipinski definition) is 6. The Morgan fingerprint density at radius 3 is 2.58 bits per heavy atom. The fourth-order valence-corrected chi connectivity index (χ4v) is 5.37. The average molecular weight is 525 g/mol. The van der Waals surface area contributed by atoms with Gasteiger partial charge in [-0.2, -0.15) is 0 Å². The van der Waals surface area contributed by atoms with Crippen LogP contribution in [0.4, 0.5) is 5.69 Å². The van der Waals surface area contributed by atoms with Gasteiger partial charge in [-0.15, -0.1) is 0 Å². The number of carbonyl (C=O) groups excluding carboxylic acids is 2. The maximum atomic E-state index is 13.7. The number of rotatable bonds is 8. The molecule has 0 fully saturated rings. The molecule has 4 rings (SSSR count). The molecule has 0 unspecified atom stereocenters. The summed E-state index contributed by atoms with van der Waals surface area (Å²) in [7, 11) is 1.59. The number of aliphatic imine (C=N–C) groups is 1. The second kappa shape index (κ2) is 11.3. The SMILES string of the molecule is COCCNC(=O)CC1=CSC2=NC(C)=C(C(=O)Nc3ccc(C)cc3C)[C@@H](c3ccc(Cl)cc3)N12. The first kappa shape index (κ1) is 26.0. The molecule has 2 heterocycles. The molecular formula is C27H29ClN4O3S. The summed E-state index contributed by atoms with van der Waals surface area (Å²) in [4.78, 5) is 33.1. The van der Waals surface area contributed by atoms with E-state index in [-0.39, 0.29) is 18.2 Å². The number of nitrogens with zero attached hydrogens (tertiary/aromatic N) is 2. The third-order valence-corrected chi connectivity index (χ3v) is 7.17. The molecule has 2 amide bonds. The highest BCUT2D eigenvalue weighted by Crippen LogP contribution is 2.45. The summed E-state index contributed by atoms with van der Waals surface area (Å²) in [5.74, 6) is -0.356. The number of hydrogen-bond donors (Lipinski definition) is 2. The maximum Gasteiger partial charge on any atom is 0.255 e. The Morgan fingerprint density at radius 2 is 1.89 bits per heavy atom. The number of halogens is 1. The molecule has 0 saturated heterocycles. The van der Waals surface area contributed by atoms with E-state index in [1.165, 1.54) is 11.8 Å². The monoisotopic (exact) mass is 524 g/mol. The van der Waals surface area contributed by atoms with Crippen molar-refractivity contribution >= 4 is 46.0 Å². The first-order valence-electron chi connectivity index (χ1n) is 11.6. The molecule has 0 radical (unpaired) electrons. The lowest BCUT2D eigenvalue weighted by Gasteiger charge is -2.36. The third kappa shape index (κ3) is 5.67. The molecule has 2 aliphatic rings. The van der Waals surface area contributed by atoms with E-state index < -0.39 is 6.04 Å². The van der Waals surface area contributed by atoms with E-state index in [1.807, 2.05) is 61.4 Å². The lowest BCUT2D eigenvalue weighted by Crippen LogP contribution is -2.39. The van der Waals surface area contributed by atoms with Gasteiger partial charge in [0, 0.05) is 30.1 Å². The number of carbonyl (C=O) groups is 2. The van der Waals surface area contributed by atoms with Crippen LogP contribution in [-0.2, 0) is 14.3 Å². The van der Waals surface area contributed by atoms with Crippen LogP contribution < -0.4 is 10.6 Å². The van der Waals surface area contributed by atoms with E-state index in [0.717, 1.165) is 33.2 Å². The van der Waals surface area contributed by atoms with E-state index in [4.69, 9.17) is 21.3 Å². The van der Waals surface area contributed by atoms with Gasteiger partial charge in [-0.25, -0.2) is 4.99 Å². The zero-order valence-corrected chi connectivity index (χ0v) is 22.3. The van der Waals surface area contributed by atoms with Crippen molar-refractivity contribution < 1.29 is 14.3 Å². The highest BCUT2D eigenvalue weighted by atomic mass is 35.5. The van der Waals surface area contributed by atoms with Crippen LogP contribution in [0.5, 0.6) is 0 Å². The standard InChI is InChI=1S/C27H29ClN4O3S/c1-16-5-10-22(17(2)13-16)31-26(34)24-18(3)30-27-32(25(24)19-6-8-20(28)9-7-19)21(15-36-27)14-23(33)29-11-12-35-4/h5-10,13,15,25H,11-12,14H2,1-4H3,(H,29,33)(H,31,34)/t25-/m1/s1. The summed E-state index contributed by atoms with van der Waals surface area (Å²) in [5, 5.41) is 9.21.